The van der Waals surface area contributed by atoms with Crippen LogP contribution < -0.4 is 20.3 Å². The maximum absolute atomic E-state index is 14.2. The molecule has 0 aliphatic carbocycles. The third kappa shape index (κ3) is 6.39. The zero-order valence-electron chi connectivity index (χ0n) is 23.2. The molecule has 5 rings (SSSR count). The molecule has 1 saturated heterocycles. The van der Waals surface area contributed by atoms with E-state index in [0.29, 0.717) is 29.0 Å². The van der Waals surface area contributed by atoms with E-state index < -0.39 is 11.8 Å². The number of halogens is 1. The van der Waals surface area contributed by atoms with Gasteiger partial charge in [0.05, 0.1) is 11.4 Å². The SMILES string of the molecule is Cc1ccc(-n2nc(C(C)(C)C)cc2NC(=O)NCc2cc(F)ccc2Oc2ccnc(N3CCCC3)n2)cc1. The van der Waals surface area contributed by atoms with Crippen molar-refractivity contribution in [2.75, 3.05) is 23.3 Å². The summed E-state index contributed by atoms with van der Waals surface area (Å²) in [5.41, 5.74) is 3.05. The van der Waals surface area contributed by atoms with E-state index in [1.165, 1.54) is 18.2 Å². The number of hydrogen-bond donors (Lipinski definition) is 2. The standard InChI is InChI=1S/C30H34FN7O2/c1-20-7-10-23(11-8-20)38-26(18-25(36-38)30(2,3)4)34-29(39)33-19-21-17-22(31)9-12-24(21)40-27-13-14-32-28(35-27)37-15-5-6-16-37/h7-14,17-18H,5-6,15-16,19H2,1-4H3,(H2,33,34,39). The number of carbonyl (C=O) groups excluding carboxylic acids is 1. The number of benzene rings is 2. The van der Waals surface area contributed by atoms with Crippen molar-refractivity contribution < 1.29 is 13.9 Å². The fourth-order valence-corrected chi connectivity index (χ4v) is 4.41. The van der Waals surface area contributed by atoms with E-state index >= 15 is 0 Å². The first-order valence-electron chi connectivity index (χ1n) is 13.4. The van der Waals surface area contributed by atoms with Crippen LogP contribution in [-0.2, 0) is 12.0 Å². The van der Waals surface area contributed by atoms with Gasteiger partial charge in [0, 0.05) is 48.9 Å². The van der Waals surface area contributed by atoms with Gasteiger partial charge in [-0.15, -0.1) is 0 Å². The summed E-state index contributed by atoms with van der Waals surface area (Å²) in [4.78, 5) is 24.0. The second-order valence-electron chi connectivity index (χ2n) is 11.0. The van der Waals surface area contributed by atoms with Crippen LogP contribution in [0.2, 0.25) is 0 Å². The second kappa shape index (κ2) is 11.3. The molecule has 0 atom stereocenters. The first-order valence-corrected chi connectivity index (χ1v) is 13.4. The summed E-state index contributed by atoms with van der Waals surface area (Å²) >= 11 is 0. The van der Waals surface area contributed by atoms with Crippen molar-refractivity contribution in [1.29, 1.82) is 0 Å². The van der Waals surface area contributed by atoms with Crippen molar-refractivity contribution >= 4 is 17.8 Å². The Morgan fingerprint density at radius 1 is 1.05 bits per heavy atom. The molecule has 1 aliphatic rings. The fourth-order valence-electron chi connectivity index (χ4n) is 4.41. The Bertz CT molecular complexity index is 1490. The number of aryl methyl sites for hydroxylation is 1. The van der Waals surface area contributed by atoms with Crippen LogP contribution >= 0.6 is 0 Å². The molecule has 0 spiro atoms. The second-order valence-corrected chi connectivity index (χ2v) is 11.0. The molecule has 1 fully saturated rings. The Balaban J connectivity index is 1.31. The summed E-state index contributed by atoms with van der Waals surface area (Å²) < 4.78 is 21.9. The van der Waals surface area contributed by atoms with Gasteiger partial charge >= 0.3 is 6.03 Å². The van der Waals surface area contributed by atoms with Crippen molar-refractivity contribution in [2.45, 2.75) is 52.5 Å². The molecule has 40 heavy (non-hydrogen) atoms. The number of ether oxygens (including phenoxy) is 1. The number of aromatic nitrogens is 4. The van der Waals surface area contributed by atoms with Gasteiger partial charge in [-0.3, -0.25) is 5.32 Å². The normalized spacial score (nSPS) is 13.4. The Labute approximate surface area is 233 Å². The smallest absolute Gasteiger partial charge is 0.320 e. The molecule has 208 valence electrons. The average Bonchev–Trinajstić information content (AvgIpc) is 3.60. The minimum atomic E-state index is -0.456. The minimum absolute atomic E-state index is 0.0355. The van der Waals surface area contributed by atoms with E-state index in [0.717, 1.165) is 42.9 Å². The van der Waals surface area contributed by atoms with E-state index in [-0.39, 0.29) is 12.0 Å². The molecular formula is C30H34FN7O2. The van der Waals surface area contributed by atoms with Gasteiger partial charge in [0.1, 0.15) is 17.4 Å². The molecular weight excluding hydrogens is 509 g/mol. The largest absolute Gasteiger partial charge is 0.439 e. The van der Waals surface area contributed by atoms with Gasteiger partial charge in [-0.2, -0.15) is 10.1 Å². The van der Waals surface area contributed by atoms with Gasteiger partial charge in [0.2, 0.25) is 11.8 Å². The number of rotatable bonds is 7. The molecule has 2 aromatic heterocycles. The summed E-state index contributed by atoms with van der Waals surface area (Å²) in [7, 11) is 0. The Morgan fingerprint density at radius 3 is 2.52 bits per heavy atom. The molecule has 2 N–H and O–H groups in total. The van der Waals surface area contributed by atoms with Gasteiger partial charge in [0.25, 0.3) is 0 Å². The summed E-state index contributed by atoms with van der Waals surface area (Å²) in [6, 6.07) is 15.2. The predicted octanol–water partition coefficient (Wildman–Crippen LogP) is 6.12. The third-order valence-electron chi connectivity index (χ3n) is 6.68. The van der Waals surface area contributed by atoms with E-state index in [4.69, 9.17) is 9.84 Å². The number of carbonyl (C=O) groups is 1. The monoisotopic (exact) mass is 543 g/mol. The van der Waals surface area contributed by atoms with Crippen LogP contribution in [0.4, 0.5) is 21.0 Å². The molecule has 3 heterocycles. The van der Waals surface area contributed by atoms with Gasteiger partial charge in [0.15, 0.2) is 0 Å². The molecule has 0 radical (unpaired) electrons. The number of anilines is 2. The highest BCUT2D eigenvalue weighted by molar-refractivity contribution is 5.88. The third-order valence-corrected chi connectivity index (χ3v) is 6.68. The summed E-state index contributed by atoms with van der Waals surface area (Å²) in [6.45, 7) is 10.1. The number of hydrogen-bond acceptors (Lipinski definition) is 6. The molecule has 10 heteroatoms. The van der Waals surface area contributed by atoms with Crippen molar-refractivity contribution in [1.82, 2.24) is 25.1 Å². The van der Waals surface area contributed by atoms with Gasteiger partial charge < -0.3 is 15.0 Å². The van der Waals surface area contributed by atoms with Gasteiger partial charge in [-0.1, -0.05) is 38.5 Å². The maximum Gasteiger partial charge on any atom is 0.320 e. The lowest BCUT2D eigenvalue weighted by Crippen LogP contribution is -2.29. The molecule has 0 saturated carbocycles. The molecule has 1 aliphatic heterocycles. The van der Waals surface area contributed by atoms with Crippen LogP contribution in [0.25, 0.3) is 5.69 Å². The highest BCUT2D eigenvalue weighted by atomic mass is 19.1. The maximum atomic E-state index is 14.2. The van der Waals surface area contributed by atoms with Crippen LogP contribution in [0.5, 0.6) is 11.6 Å². The van der Waals surface area contributed by atoms with Crippen molar-refractivity contribution in [3.8, 4) is 17.3 Å². The number of amides is 2. The van der Waals surface area contributed by atoms with Crippen LogP contribution in [0.1, 0.15) is 50.4 Å². The zero-order valence-corrected chi connectivity index (χ0v) is 23.2. The molecule has 4 aromatic rings. The lowest BCUT2D eigenvalue weighted by atomic mass is 9.92. The lowest BCUT2D eigenvalue weighted by molar-refractivity contribution is 0.251. The molecule has 2 aromatic carbocycles. The fraction of sp³-hybridized carbons (Fsp3) is 0.333. The molecule has 0 unspecified atom stereocenters. The Kier molecular flexibility index (Phi) is 7.68. The minimum Gasteiger partial charge on any atom is -0.439 e. The quantitative estimate of drug-likeness (QED) is 0.291. The number of nitrogens with zero attached hydrogens (tertiary/aromatic N) is 5. The van der Waals surface area contributed by atoms with Gasteiger partial charge in [-0.05, 0) is 50.1 Å². The van der Waals surface area contributed by atoms with E-state index in [1.54, 1.807) is 16.9 Å². The highest BCUT2D eigenvalue weighted by Gasteiger charge is 2.22. The van der Waals surface area contributed by atoms with Crippen molar-refractivity contribution in [2.24, 2.45) is 0 Å². The Morgan fingerprint density at radius 2 is 1.80 bits per heavy atom. The van der Waals surface area contributed by atoms with Crippen LogP contribution in [0, 0.1) is 12.7 Å². The first-order chi connectivity index (χ1) is 19.2. The lowest BCUT2D eigenvalue weighted by Gasteiger charge is -2.16. The van der Waals surface area contributed by atoms with Crippen molar-refractivity contribution in [3.05, 3.63) is 83.4 Å². The molecule has 2 amide bonds. The topological polar surface area (TPSA) is 97.2 Å². The number of urea groups is 1. The van der Waals surface area contributed by atoms with Crippen molar-refractivity contribution in [3.63, 3.8) is 0 Å². The van der Waals surface area contributed by atoms with Crippen LogP contribution in [0.3, 0.4) is 0 Å². The van der Waals surface area contributed by atoms with E-state index in [1.807, 2.05) is 37.3 Å². The Hall–Kier alpha value is -4.47. The first kappa shape index (κ1) is 27.1. The van der Waals surface area contributed by atoms with Gasteiger partial charge in [-0.25, -0.2) is 18.9 Å². The summed E-state index contributed by atoms with van der Waals surface area (Å²) in [6.07, 6.45) is 3.86. The predicted molar refractivity (Wildman–Crippen MR) is 153 cm³/mol. The van der Waals surface area contributed by atoms with Crippen LogP contribution in [0.15, 0.2) is 60.8 Å². The van der Waals surface area contributed by atoms with E-state index in [9.17, 15) is 9.18 Å². The summed E-state index contributed by atoms with van der Waals surface area (Å²) in [5.74, 6) is 1.45. The highest BCUT2D eigenvalue weighted by Crippen LogP contribution is 2.28. The van der Waals surface area contributed by atoms with E-state index in [2.05, 4.69) is 46.3 Å². The number of nitrogens with one attached hydrogen (secondary N) is 2. The zero-order chi connectivity index (χ0) is 28.3. The molecule has 9 nitrogen and oxygen atoms in total. The average molecular weight is 544 g/mol. The molecule has 0 bridgehead atoms. The van der Waals surface area contributed by atoms with Crippen LogP contribution in [-0.4, -0.2) is 38.9 Å². The summed E-state index contributed by atoms with van der Waals surface area (Å²) in [5, 5.41) is 10.5.